The van der Waals surface area contributed by atoms with Crippen LogP contribution < -0.4 is 11.1 Å². The number of imidazole rings is 1. The zero-order valence-electron chi connectivity index (χ0n) is 11.8. The monoisotopic (exact) mass is 272 g/mol. The summed E-state index contributed by atoms with van der Waals surface area (Å²) in [7, 11) is 1.91. The molecule has 0 radical (unpaired) electrons. The van der Waals surface area contributed by atoms with Gasteiger partial charge in [0.15, 0.2) is 0 Å². The molecule has 0 aliphatic carbocycles. The fraction of sp³-hybridized carbons (Fsp3) is 0.333. The Hall–Kier alpha value is -2.14. The highest BCUT2D eigenvalue weighted by molar-refractivity contribution is 5.79. The normalized spacial score (nSPS) is 13.8. The van der Waals surface area contributed by atoms with E-state index in [1.165, 1.54) is 0 Å². The van der Waals surface area contributed by atoms with Crippen molar-refractivity contribution in [1.82, 2.24) is 14.9 Å². The van der Waals surface area contributed by atoms with Gasteiger partial charge in [-0.05, 0) is 5.56 Å². The summed E-state index contributed by atoms with van der Waals surface area (Å²) in [5, 5.41) is 3.02. The smallest absolute Gasteiger partial charge is 0.224 e. The number of hydrogen-bond acceptors (Lipinski definition) is 3. The first-order valence-electron chi connectivity index (χ1n) is 6.66. The van der Waals surface area contributed by atoms with E-state index in [-0.39, 0.29) is 17.9 Å². The van der Waals surface area contributed by atoms with E-state index < -0.39 is 0 Å². The number of nitrogens with one attached hydrogen (secondary N) is 1. The molecule has 3 N–H and O–H groups in total. The zero-order chi connectivity index (χ0) is 14.5. The number of aromatic nitrogens is 2. The van der Waals surface area contributed by atoms with Crippen molar-refractivity contribution in [1.29, 1.82) is 0 Å². The van der Waals surface area contributed by atoms with E-state index in [1.807, 2.05) is 55.1 Å². The van der Waals surface area contributed by atoms with Crippen molar-refractivity contribution < 1.29 is 4.79 Å². The predicted octanol–water partition coefficient (Wildman–Crippen LogP) is 1.22. The molecular formula is C15H20N4O. The Bertz CT molecular complexity index is 564. The van der Waals surface area contributed by atoms with Crippen LogP contribution in [0.1, 0.15) is 24.4 Å². The van der Waals surface area contributed by atoms with Crippen LogP contribution in [0.3, 0.4) is 0 Å². The Labute approximate surface area is 118 Å². The average molecular weight is 272 g/mol. The van der Waals surface area contributed by atoms with Gasteiger partial charge in [-0.15, -0.1) is 0 Å². The van der Waals surface area contributed by atoms with Crippen LogP contribution in [0.4, 0.5) is 0 Å². The summed E-state index contributed by atoms with van der Waals surface area (Å²) in [4.78, 5) is 16.5. The number of carbonyl (C=O) groups is 1. The quantitative estimate of drug-likeness (QED) is 0.859. The standard InChI is InChI=1S/C15H20N4O/c1-11(10-16)15(20)18-13(12-6-4-3-5-7-12)14-17-8-9-19(14)2/h3-9,11,13H,10,16H2,1-2H3,(H,18,20). The van der Waals surface area contributed by atoms with Gasteiger partial charge >= 0.3 is 0 Å². The fourth-order valence-corrected chi connectivity index (χ4v) is 1.99. The summed E-state index contributed by atoms with van der Waals surface area (Å²) >= 11 is 0. The molecule has 0 aliphatic rings. The minimum atomic E-state index is -0.266. The molecule has 2 rings (SSSR count). The number of nitrogens with zero attached hydrogens (tertiary/aromatic N) is 2. The van der Waals surface area contributed by atoms with Crippen molar-refractivity contribution in [2.24, 2.45) is 18.7 Å². The molecule has 106 valence electrons. The number of aryl methyl sites for hydroxylation is 1. The van der Waals surface area contributed by atoms with Crippen LogP contribution in [0.15, 0.2) is 42.7 Å². The molecule has 0 aliphatic heterocycles. The van der Waals surface area contributed by atoms with Crippen molar-refractivity contribution in [3.05, 3.63) is 54.1 Å². The number of hydrogen-bond donors (Lipinski definition) is 2. The van der Waals surface area contributed by atoms with E-state index in [1.54, 1.807) is 6.20 Å². The minimum Gasteiger partial charge on any atom is -0.342 e. The Morgan fingerprint density at radius 2 is 2.10 bits per heavy atom. The van der Waals surface area contributed by atoms with Crippen molar-refractivity contribution in [3.63, 3.8) is 0 Å². The molecule has 5 nitrogen and oxygen atoms in total. The van der Waals surface area contributed by atoms with Crippen LogP contribution >= 0.6 is 0 Å². The second-order valence-electron chi connectivity index (χ2n) is 4.89. The molecule has 1 heterocycles. The third-order valence-corrected chi connectivity index (χ3v) is 3.34. The van der Waals surface area contributed by atoms with Gasteiger partial charge in [-0.1, -0.05) is 37.3 Å². The highest BCUT2D eigenvalue weighted by Crippen LogP contribution is 2.20. The maximum atomic E-state index is 12.1. The number of rotatable bonds is 5. The molecule has 5 heteroatoms. The van der Waals surface area contributed by atoms with Crippen LogP contribution in [0, 0.1) is 5.92 Å². The molecule has 2 unspecified atom stereocenters. The van der Waals surface area contributed by atoms with Gasteiger partial charge in [-0.3, -0.25) is 4.79 Å². The fourth-order valence-electron chi connectivity index (χ4n) is 1.99. The first-order chi connectivity index (χ1) is 9.63. The lowest BCUT2D eigenvalue weighted by molar-refractivity contribution is -0.124. The molecule has 0 spiro atoms. The van der Waals surface area contributed by atoms with E-state index in [9.17, 15) is 4.79 Å². The lowest BCUT2D eigenvalue weighted by Crippen LogP contribution is -2.37. The van der Waals surface area contributed by atoms with E-state index in [2.05, 4.69) is 10.3 Å². The van der Waals surface area contributed by atoms with E-state index in [0.717, 1.165) is 11.4 Å². The highest BCUT2D eigenvalue weighted by Gasteiger charge is 2.22. The van der Waals surface area contributed by atoms with E-state index in [0.29, 0.717) is 6.54 Å². The van der Waals surface area contributed by atoms with Crippen LogP contribution in [0.25, 0.3) is 0 Å². The molecule has 0 fully saturated rings. The van der Waals surface area contributed by atoms with Crippen molar-refractivity contribution >= 4 is 5.91 Å². The summed E-state index contributed by atoms with van der Waals surface area (Å²) in [5.74, 6) is 0.514. The molecule has 1 aromatic heterocycles. The number of nitrogens with two attached hydrogens (primary N) is 1. The lowest BCUT2D eigenvalue weighted by Gasteiger charge is -2.21. The van der Waals surface area contributed by atoms with Crippen LogP contribution in [0.5, 0.6) is 0 Å². The third kappa shape index (κ3) is 3.05. The molecule has 1 amide bonds. The van der Waals surface area contributed by atoms with Crippen LogP contribution in [0.2, 0.25) is 0 Å². The zero-order valence-corrected chi connectivity index (χ0v) is 11.8. The first-order valence-corrected chi connectivity index (χ1v) is 6.66. The van der Waals surface area contributed by atoms with Gasteiger partial charge in [-0.25, -0.2) is 4.98 Å². The minimum absolute atomic E-state index is 0.0654. The molecule has 0 saturated heterocycles. The topological polar surface area (TPSA) is 72.9 Å². The molecule has 0 saturated carbocycles. The molecule has 2 aromatic rings. The van der Waals surface area contributed by atoms with E-state index in [4.69, 9.17) is 5.73 Å². The Morgan fingerprint density at radius 1 is 1.40 bits per heavy atom. The molecule has 1 aromatic carbocycles. The molecule has 0 bridgehead atoms. The van der Waals surface area contributed by atoms with Crippen LogP contribution in [-0.4, -0.2) is 22.0 Å². The molecule has 20 heavy (non-hydrogen) atoms. The number of benzene rings is 1. The van der Waals surface area contributed by atoms with Gasteiger partial charge < -0.3 is 15.6 Å². The van der Waals surface area contributed by atoms with Crippen molar-refractivity contribution in [2.75, 3.05) is 6.54 Å². The highest BCUT2D eigenvalue weighted by atomic mass is 16.1. The van der Waals surface area contributed by atoms with Gasteiger partial charge in [0.05, 0.1) is 0 Å². The van der Waals surface area contributed by atoms with Gasteiger partial charge in [0.25, 0.3) is 0 Å². The summed E-state index contributed by atoms with van der Waals surface area (Å²) in [5.41, 5.74) is 6.55. The molecule has 2 atom stereocenters. The summed E-state index contributed by atoms with van der Waals surface area (Å²) < 4.78 is 1.91. The third-order valence-electron chi connectivity index (χ3n) is 3.34. The molecular weight excluding hydrogens is 252 g/mol. The largest absolute Gasteiger partial charge is 0.342 e. The average Bonchev–Trinajstić information content (AvgIpc) is 2.90. The van der Waals surface area contributed by atoms with Crippen molar-refractivity contribution in [3.8, 4) is 0 Å². The Kier molecular flexibility index (Phi) is 4.53. The maximum Gasteiger partial charge on any atom is 0.224 e. The maximum absolute atomic E-state index is 12.1. The Balaban J connectivity index is 2.31. The van der Waals surface area contributed by atoms with Gasteiger partial charge in [0.1, 0.15) is 11.9 Å². The summed E-state index contributed by atoms with van der Waals surface area (Å²) in [6.45, 7) is 2.14. The lowest BCUT2D eigenvalue weighted by atomic mass is 10.0. The summed E-state index contributed by atoms with van der Waals surface area (Å²) in [6.07, 6.45) is 3.59. The number of amides is 1. The second kappa shape index (κ2) is 6.34. The van der Waals surface area contributed by atoms with Crippen molar-refractivity contribution in [2.45, 2.75) is 13.0 Å². The van der Waals surface area contributed by atoms with Gasteiger partial charge in [0, 0.05) is 31.9 Å². The van der Waals surface area contributed by atoms with E-state index >= 15 is 0 Å². The Morgan fingerprint density at radius 3 is 2.65 bits per heavy atom. The first kappa shape index (κ1) is 14.3. The van der Waals surface area contributed by atoms with Gasteiger partial charge in [-0.2, -0.15) is 0 Å². The van der Waals surface area contributed by atoms with Crippen LogP contribution in [-0.2, 0) is 11.8 Å². The predicted molar refractivity (Wildman–Crippen MR) is 77.9 cm³/mol. The van der Waals surface area contributed by atoms with Gasteiger partial charge in [0.2, 0.25) is 5.91 Å². The SMILES string of the molecule is CC(CN)C(=O)NC(c1ccccc1)c1nccn1C. The second-order valence-corrected chi connectivity index (χ2v) is 4.89. The number of carbonyl (C=O) groups excluding carboxylic acids is 1. The summed E-state index contributed by atoms with van der Waals surface area (Å²) in [6, 6.07) is 9.54.